The average molecular weight is 379 g/mol. The summed E-state index contributed by atoms with van der Waals surface area (Å²) in [5, 5.41) is 38.7. The molecule has 5 unspecified atom stereocenters. The van der Waals surface area contributed by atoms with Gasteiger partial charge in [0.05, 0.1) is 0 Å². The number of hydrogen-bond acceptors (Lipinski definition) is 10. The fourth-order valence-electron chi connectivity index (χ4n) is 3.13. The van der Waals surface area contributed by atoms with E-state index in [0.717, 1.165) is 6.08 Å². The number of nitrogen functional groups attached to an aromatic ring is 1. The van der Waals surface area contributed by atoms with Crippen LogP contribution in [0.1, 0.15) is 6.23 Å². The van der Waals surface area contributed by atoms with Crippen LogP contribution in [0.4, 0.5) is 5.82 Å². The van der Waals surface area contributed by atoms with E-state index in [0.29, 0.717) is 0 Å². The van der Waals surface area contributed by atoms with Gasteiger partial charge in [-0.25, -0.2) is 24.5 Å². The van der Waals surface area contributed by atoms with Gasteiger partial charge in [-0.15, -0.1) is 0 Å². The molecule has 0 saturated carbocycles. The summed E-state index contributed by atoms with van der Waals surface area (Å²) in [5.74, 6) is -3.54. The number of carbonyl (C=O) groups is 2. The summed E-state index contributed by atoms with van der Waals surface area (Å²) in [5.41, 5.74) is 3.67. The fourth-order valence-corrected chi connectivity index (χ4v) is 3.13. The van der Waals surface area contributed by atoms with Crippen molar-refractivity contribution >= 4 is 28.9 Å². The first-order valence-corrected chi connectivity index (χ1v) is 7.59. The number of rotatable bonds is 4. The van der Waals surface area contributed by atoms with Gasteiger partial charge < -0.3 is 35.6 Å². The smallest absolute Gasteiger partial charge is 0.343 e. The molecule has 2 aromatic heterocycles. The molecular formula is C14H13N5O8. The Morgan fingerprint density at radius 2 is 2.04 bits per heavy atom. The zero-order valence-electron chi connectivity index (χ0n) is 13.3. The summed E-state index contributed by atoms with van der Waals surface area (Å²) in [6, 6.07) is 0. The summed E-state index contributed by atoms with van der Waals surface area (Å²) < 4.78 is 12.2. The first kappa shape index (κ1) is 17.1. The summed E-state index contributed by atoms with van der Waals surface area (Å²) in [6.45, 7) is 0. The van der Waals surface area contributed by atoms with Crippen molar-refractivity contribution in [3.63, 3.8) is 0 Å². The monoisotopic (exact) mass is 379 g/mol. The van der Waals surface area contributed by atoms with Crippen molar-refractivity contribution in [1.82, 2.24) is 19.5 Å². The number of aliphatic carboxylic acids is 2. The Balaban J connectivity index is 1.72. The first-order valence-electron chi connectivity index (χ1n) is 7.59. The maximum atomic E-state index is 11.6. The molecule has 5 atom stereocenters. The highest BCUT2D eigenvalue weighted by Crippen LogP contribution is 2.44. The van der Waals surface area contributed by atoms with Gasteiger partial charge in [-0.05, 0) is 0 Å². The highest BCUT2D eigenvalue weighted by molar-refractivity contribution is 5.90. The Kier molecular flexibility index (Phi) is 3.56. The van der Waals surface area contributed by atoms with Crippen LogP contribution in [0.3, 0.4) is 0 Å². The highest BCUT2D eigenvalue weighted by Gasteiger charge is 2.60. The molecule has 13 nitrogen and oxygen atoms in total. The van der Waals surface area contributed by atoms with Gasteiger partial charge in [0.1, 0.15) is 36.1 Å². The molecule has 0 radical (unpaired) electrons. The van der Waals surface area contributed by atoms with Crippen LogP contribution in [0.15, 0.2) is 24.5 Å². The number of aliphatic hydroxyl groups is 2. The van der Waals surface area contributed by atoms with Crippen LogP contribution < -0.4 is 5.73 Å². The van der Waals surface area contributed by atoms with Gasteiger partial charge in [0, 0.05) is 6.08 Å². The number of anilines is 1. The van der Waals surface area contributed by atoms with Gasteiger partial charge in [0.25, 0.3) is 0 Å². The lowest BCUT2D eigenvalue weighted by Gasteiger charge is -2.28. The third-order valence-electron chi connectivity index (χ3n) is 4.45. The zero-order chi connectivity index (χ0) is 19.5. The third-order valence-corrected chi connectivity index (χ3v) is 4.45. The standard InChI is InChI=1S/C14H13N5O8/c15-9-5-10(17-2-16-9)19(3-18-5)11-6(20)7-4(26-11)1-14(27-7,13(24)25)8(21)12(22)23/h1-3,6-8,11,20-21H,(H,22,23)(H,24,25)(H2,15,16,17). The molecule has 1 fully saturated rings. The van der Waals surface area contributed by atoms with Crippen LogP contribution in [-0.4, -0.2) is 75.8 Å². The molecule has 2 aliphatic rings. The van der Waals surface area contributed by atoms with Crippen molar-refractivity contribution < 1.29 is 39.5 Å². The summed E-state index contributed by atoms with van der Waals surface area (Å²) >= 11 is 0. The van der Waals surface area contributed by atoms with E-state index in [9.17, 15) is 24.9 Å². The Morgan fingerprint density at radius 1 is 1.30 bits per heavy atom. The lowest BCUT2D eigenvalue weighted by molar-refractivity contribution is -0.190. The second-order valence-corrected chi connectivity index (χ2v) is 6.01. The highest BCUT2D eigenvalue weighted by atomic mass is 16.6. The van der Waals surface area contributed by atoms with Crippen molar-refractivity contribution in [2.75, 3.05) is 5.73 Å². The van der Waals surface area contributed by atoms with Crippen LogP contribution in [-0.2, 0) is 19.1 Å². The maximum Gasteiger partial charge on any atom is 0.343 e. The largest absolute Gasteiger partial charge is 0.479 e. The molecular weight excluding hydrogens is 366 g/mol. The Hall–Kier alpha value is -3.29. The molecule has 27 heavy (non-hydrogen) atoms. The number of fused-ring (bicyclic) bond motifs is 2. The van der Waals surface area contributed by atoms with E-state index in [-0.39, 0.29) is 22.7 Å². The van der Waals surface area contributed by atoms with E-state index < -0.39 is 42.1 Å². The Labute approximate surface area is 149 Å². The number of nitrogens with zero attached hydrogens (tertiary/aromatic N) is 4. The Morgan fingerprint density at radius 3 is 2.67 bits per heavy atom. The second-order valence-electron chi connectivity index (χ2n) is 6.01. The zero-order valence-corrected chi connectivity index (χ0v) is 13.3. The number of nitrogens with two attached hydrogens (primary N) is 1. The van der Waals surface area contributed by atoms with E-state index in [2.05, 4.69) is 15.0 Å². The van der Waals surface area contributed by atoms with Crippen molar-refractivity contribution in [1.29, 1.82) is 0 Å². The second kappa shape index (κ2) is 5.60. The normalized spacial score (nSPS) is 30.6. The fraction of sp³-hybridized carbons (Fsp3) is 0.357. The predicted octanol–water partition coefficient (Wildman–Crippen LogP) is -2.15. The molecule has 1 saturated heterocycles. The summed E-state index contributed by atoms with van der Waals surface area (Å²) in [4.78, 5) is 34.5. The molecule has 4 heterocycles. The van der Waals surface area contributed by atoms with Gasteiger partial charge in [-0.1, -0.05) is 0 Å². The predicted molar refractivity (Wildman–Crippen MR) is 82.8 cm³/mol. The van der Waals surface area contributed by atoms with Crippen molar-refractivity contribution in [2.24, 2.45) is 0 Å². The van der Waals surface area contributed by atoms with Crippen molar-refractivity contribution in [3.05, 3.63) is 24.5 Å². The molecule has 6 N–H and O–H groups in total. The molecule has 0 bridgehead atoms. The van der Waals surface area contributed by atoms with Crippen LogP contribution in [0.25, 0.3) is 11.2 Å². The van der Waals surface area contributed by atoms with Crippen molar-refractivity contribution in [3.8, 4) is 0 Å². The molecule has 0 aromatic carbocycles. The lowest BCUT2D eigenvalue weighted by Crippen LogP contribution is -2.54. The van der Waals surface area contributed by atoms with Gasteiger partial charge in [0.2, 0.25) is 11.8 Å². The Bertz CT molecular complexity index is 989. The van der Waals surface area contributed by atoms with Crippen LogP contribution in [0.5, 0.6) is 0 Å². The number of hydrogen-bond donors (Lipinski definition) is 5. The average Bonchev–Trinajstić information content (AvgIpc) is 3.28. The van der Waals surface area contributed by atoms with E-state index in [1.165, 1.54) is 17.2 Å². The van der Waals surface area contributed by atoms with Crippen molar-refractivity contribution in [2.45, 2.75) is 30.1 Å². The maximum absolute atomic E-state index is 11.6. The quantitative estimate of drug-likeness (QED) is 0.386. The minimum Gasteiger partial charge on any atom is -0.479 e. The van der Waals surface area contributed by atoms with Gasteiger partial charge in [-0.3, -0.25) is 4.57 Å². The van der Waals surface area contributed by atoms with E-state index >= 15 is 0 Å². The minimum absolute atomic E-state index is 0.122. The summed E-state index contributed by atoms with van der Waals surface area (Å²) in [6.07, 6.45) is -2.89. The van der Waals surface area contributed by atoms with Crippen LogP contribution >= 0.6 is 0 Å². The molecule has 2 aliphatic heterocycles. The molecule has 13 heteroatoms. The van der Waals surface area contributed by atoms with Gasteiger partial charge in [-0.2, -0.15) is 0 Å². The number of carboxylic acid groups (broad SMARTS) is 2. The lowest BCUT2D eigenvalue weighted by atomic mass is 9.97. The molecule has 142 valence electrons. The molecule has 0 amide bonds. The van der Waals surface area contributed by atoms with Gasteiger partial charge in [0.15, 0.2) is 17.6 Å². The molecule has 0 spiro atoms. The minimum atomic E-state index is -2.58. The van der Waals surface area contributed by atoms with Crippen LogP contribution in [0.2, 0.25) is 0 Å². The molecule has 0 aliphatic carbocycles. The number of aromatic nitrogens is 4. The van der Waals surface area contributed by atoms with E-state index in [1.54, 1.807) is 0 Å². The topological polar surface area (TPSA) is 203 Å². The van der Waals surface area contributed by atoms with E-state index in [1.807, 2.05) is 0 Å². The molecule has 2 aromatic rings. The first-order chi connectivity index (χ1) is 12.8. The van der Waals surface area contributed by atoms with E-state index in [4.69, 9.17) is 20.3 Å². The van der Waals surface area contributed by atoms with Crippen LogP contribution in [0, 0.1) is 0 Å². The summed E-state index contributed by atoms with van der Waals surface area (Å²) in [7, 11) is 0. The number of aliphatic hydroxyl groups excluding tert-OH is 2. The molecule has 4 rings (SSSR count). The number of imidazole rings is 1. The number of carboxylic acids is 2. The number of ether oxygens (including phenoxy) is 2. The third kappa shape index (κ3) is 2.26. The van der Waals surface area contributed by atoms with Gasteiger partial charge >= 0.3 is 11.9 Å². The SMILES string of the molecule is Nc1ncnc2c1ncn2C1OC2=CC(C(=O)O)(C(O)C(=O)O)OC2C1O.